The summed E-state index contributed by atoms with van der Waals surface area (Å²) in [7, 11) is 3.24. The average Bonchev–Trinajstić information content (AvgIpc) is 3.72. The van der Waals surface area contributed by atoms with Gasteiger partial charge in [0.15, 0.2) is 11.3 Å². The van der Waals surface area contributed by atoms with Crippen LogP contribution in [0.2, 0.25) is 20.4 Å². The van der Waals surface area contributed by atoms with E-state index in [0.717, 1.165) is 56.1 Å². The third-order valence-corrected chi connectivity index (χ3v) is 10.6. The molecule has 2 saturated heterocycles. The van der Waals surface area contributed by atoms with Crippen LogP contribution in [0, 0.1) is 0 Å². The summed E-state index contributed by atoms with van der Waals surface area (Å²) in [6.07, 6.45) is 3.24. The number of amides is 1. The molecular weight excluding hydrogens is 830 g/mol. The lowest BCUT2D eigenvalue weighted by molar-refractivity contribution is -0.138. The van der Waals surface area contributed by atoms with E-state index in [-0.39, 0.29) is 26.4 Å². The van der Waals surface area contributed by atoms with Crippen molar-refractivity contribution in [3.05, 3.63) is 93.4 Å². The Hall–Kier alpha value is -5.06. The Morgan fingerprint density at radius 2 is 1.16 bits per heavy atom. The fraction of sp³-hybridized carbons (Fsp3) is 0.333. The molecule has 0 unspecified atom stereocenters. The van der Waals surface area contributed by atoms with Crippen molar-refractivity contribution in [1.29, 1.82) is 0 Å². The number of rotatable bonds is 8. The van der Waals surface area contributed by atoms with Crippen LogP contribution in [0.15, 0.2) is 73.1 Å². The van der Waals surface area contributed by atoms with E-state index in [1.54, 1.807) is 44.8 Å². The summed E-state index contributed by atoms with van der Waals surface area (Å²) in [6, 6.07) is 18.7. The number of hydrogen-bond acceptors (Lipinski definition) is 11. The highest BCUT2D eigenvalue weighted by Gasteiger charge is 2.24. The number of aromatic nitrogens is 6. The maximum absolute atomic E-state index is 12.7. The lowest BCUT2D eigenvalue weighted by atomic mass is 10.2. The van der Waals surface area contributed by atoms with Crippen molar-refractivity contribution in [2.24, 2.45) is 0 Å². The number of nitrogens with zero attached hydrogens (tertiary/aromatic N) is 9. The number of carbonyl (C=O) groups excluding carboxylic acids is 1. The number of ether oxygens (including phenoxy) is 2. The first-order chi connectivity index (χ1) is 27.6. The molecule has 2 N–H and O–H groups in total. The fourth-order valence-electron chi connectivity index (χ4n) is 6.26. The first kappa shape index (κ1) is 44.1. The Labute approximate surface area is 355 Å². The molecule has 308 valence electrons. The molecule has 6 aromatic rings. The largest absolute Gasteiger partial charge is 0.495 e. The molecule has 1 amide bonds. The lowest BCUT2D eigenvalue weighted by Crippen LogP contribution is -2.49. The number of carbonyl (C=O) groups is 2. The molecule has 15 nitrogen and oxygen atoms in total. The molecule has 0 saturated carbocycles. The Morgan fingerprint density at radius 1 is 0.690 bits per heavy atom. The lowest BCUT2D eigenvalue weighted by Gasteiger charge is -2.36. The molecule has 0 radical (unpaired) electrons. The number of anilines is 2. The first-order valence-corrected chi connectivity index (χ1v) is 19.4. The Balaban J connectivity index is 0.000000180. The molecule has 2 aliphatic rings. The number of aliphatic carboxylic acids is 1. The molecule has 4 aromatic heterocycles. The van der Waals surface area contributed by atoms with E-state index in [9.17, 15) is 9.59 Å². The molecule has 6 heterocycles. The fourth-order valence-corrected chi connectivity index (χ4v) is 7.14. The summed E-state index contributed by atoms with van der Waals surface area (Å²) >= 11 is 24.3. The smallest absolute Gasteiger partial charge is 0.325 e. The van der Waals surface area contributed by atoms with Gasteiger partial charge in [-0.25, -0.2) is 19.3 Å². The second-order valence-electron chi connectivity index (χ2n) is 12.8. The van der Waals surface area contributed by atoms with Gasteiger partial charge in [-0.15, -0.1) is 0 Å². The van der Waals surface area contributed by atoms with Crippen molar-refractivity contribution in [2.75, 3.05) is 76.4 Å². The predicted octanol–water partition coefficient (Wildman–Crippen LogP) is 6.66. The summed E-state index contributed by atoms with van der Waals surface area (Å²) < 4.78 is 13.2. The number of hydrogen-bond donors (Lipinski definition) is 2. The van der Waals surface area contributed by atoms with Gasteiger partial charge in [-0.3, -0.25) is 9.59 Å². The number of carboxylic acid groups (broad SMARTS) is 1. The molecule has 8 rings (SSSR count). The van der Waals surface area contributed by atoms with Crippen molar-refractivity contribution >= 4 is 91.7 Å². The van der Waals surface area contributed by atoms with Crippen LogP contribution in [0.1, 0.15) is 7.43 Å². The molecule has 58 heavy (non-hydrogen) atoms. The van der Waals surface area contributed by atoms with Gasteiger partial charge >= 0.3 is 5.97 Å². The molecule has 19 heteroatoms. The van der Waals surface area contributed by atoms with Crippen LogP contribution < -0.4 is 24.6 Å². The molecule has 2 aromatic carbocycles. The minimum Gasteiger partial charge on any atom is -0.495 e. The first-order valence-electron chi connectivity index (χ1n) is 17.9. The van der Waals surface area contributed by atoms with E-state index in [1.807, 2.05) is 47.4 Å². The predicted molar refractivity (Wildman–Crippen MR) is 229 cm³/mol. The number of benzene rings is 2. The SMILES string of the molecule is C.COc1cc(N2CCN(C(=O)Cn3nc4ncccc4c3Cl)CC2)ccc1Cl.COc1cc(N2CCNCC2)ccc1Cl.O=C(O)Cn1nc2ncccc2c1Cl. The van der Waals surface area contributed by atoms with Gasteiger partial charge in [0, 0.05) is 88.3 Å². The molecule has 0 spiro atoms. The Morgan fingerprint density at radius 3 is 1.60 bits per heavy atom. The number of piperazine rings is 2. The number of carboxylic acids is 1. The minimum absolute atomic E-state index is 0. The van der Waals surface area contributed by atoms with Crippen molar-refractivity contribution in [1.82, 2.24) is 39.7 Å². The molecule has 0 aliphatic carbocycles. The van der Waals surface area contributed by atoms with E-state index in [2.05, 4.69) is 35.3 Å². The third-order valence-electron chi connectivity index (χ3n) is 9.22. The van der Waals surface area contributed by atoms with Gasteiger partial charge in [0.25, 0.3) is 0 Å². The van der Waals surface area contributed by atoms with Gasteiger partial charge < -0.3 is 34.6 Å². The third kappa shape index (κ3) is 10.7. The number of halogens is 4. The van der Waals surface area contributed by atoms with Crippen LogP contribution in [0.25, 0.3) is 22.1 Å². The summed E-state index contributed by atoms with van der Waals surface area (Å²) in [4.78, 5) is 37.7. The van der Waals surface area contributed by atoms with Crippen LogP contribution in [0.3, 0.4) is 0 Å². The van der Waals surface area contributed by atoms with E-state index in [0.29, 0.717) is 55.9 Å². The van der Waals surface area contributed by atoms with Crippen molar-refractivity contribution < 1.29 is 24.2 Å². The highest BCUT2D eigenvalue weighted by molar-refractivity contribution is 6.35. The highest BCUT2D eigenvalue weighted by Crippen LogP contribution is 2.31. The van der Waals surface area contributed by atoms with Crippen LogP contribution in [0.4, 0.5) is 11.4 Å². The standard InChI is InChI=1S/C19H19Cl2N5O2.C11H15ClN2O.C8H6ClN3O2.CH4/c1-28-16-11-13(4-5-15(16)20)24-7-9-25(10-8-24)17(27)12-26-18(21)14-3-2-6-22-19(14)23-26;1-15-11-8-9(2-3-10(11)12)14-6-4-13-5-7-14;9-7-5-2-1-3-10-8(5)11-12(7)4-6(13)14;/h2-6,11H,7-10,12H2,1H3;2-3,8,13H,4-7H2,1H3;1-3H,4H2,(H,13,14);1H4. The van der Waals surface area contributed by atoms with E-state index < -0.39 is 5.97 Å². The Bertz CT molecular complexity index is 2330. The molecular formula is C39H44Cl4N10O5. The minimum atomic E-state index is -0.986. The monoisotopic (exact) mass is 872 g/mol. The normalized spacial score (nSPS) is 13.9. The summed E-state index contributed by atoms with van der Waals surface area (Å²) in [5.41, 5.74) is 3.21. The summed E-state index contributed by atoms with van der Waals surface area (Å²) in [6.45, 7) is 6.69. The maximum atomic E-state index is 12.7. The summed E-state index contributed by atoms with van der Waals surface area (Å²) in [5.74, 6) is 0.391. The van der Waals surface area contributed by atoms with Crippen LogP contribution >= 0.6 is 46.4 Å². The van der Waals surface area contributed by atoms with Gasteiger partial charge in [0.1, 0.15) is 34.9 Å². The van der Waals surface area contributed by atoms with Gasteiger partial charge in [-0.05, 0) is 48.5 Å². The summed E-state index contributed by atoms with van der Waals surface area (Å²) in [5, 5.41) is 23.6. The van der Waals surface area contributed by atoms with Gasteiger partial charge in [0.2, 0.25) is 5.91 Å². The highest BCUT2D eigenvalue weighted by atomic mass is 35.5. The Kier molecular flexibility index (Phi) is 15.6. The number of methoxy groups -OCH3 is 2. The molecule has 0 bridgehead atoms. The zero-order chi connectivity index (χ0) is 40.5. The second-order valence-corrected chi connectivity index (χ2v) is 14.3. The number of pyridine rings is 2. The van der Waals surface area contributed by atoms with Crippen LogP contribution in [-0.4, -0.2) is 118 Å². The van der Waals surface area contributed by atoms with Crippen LogP contribution in [-0.2, 0) is 22.7 Å². The maximum Gasteiger partial charge on any atom is 0.325 e. The van der Waals surface area contributed by atoms with Gasteiger partial charge in [0.05, 0.1) is 35.0 Å². The molecule has 2 fully saturated rings. The van der Waals surface area contributed by atoms with Crippen LogP contribution in [0.5, 0.6) is 11.5 Å². The van der Waals surface area contributed by atoms with Gasteiger partial charge in [-0.2, -0.15) is 10.2 Å². The topological polar surface area (TPSA) is 156 Å². The van der Waals surface area contributed by atoms with Crippen molar-refractivity contribution in [3.8, 4) is 11.5 Å². The zero-order valence-electron chi connectivity index (χ0n) is 31.1. The molecule has 0 atom stereocenters. The molecule has 2 aliphatic heterocycles. The number of fused-ring (bicyclic) bond motifs is 2. The van der Waals surface area contributed by atoms with Crippen molar-refractivity contribution in [3.63, 3.8) is 0 Å². The quantitative estimate of drug-likeness (QED) is 0.168. The average molecular weight is 875 g/mol. The van der Waals surface area contributed by atoms with E-state index >= 15 is 0 Å². The number of nitrogens with one attached hydrogen (secondary N) is 1. The van der Waals surface area contributed by atoms with Gasteiger partial charge in [-0.1, -0.05) is 53.8 Å². The zero-order valence-corrected chi connectivity index (χ0v) is 34.1. The van der Waals surface area contributed by atoms with E-state index in [1.165, 1.54) is 15.1 Å². The van der Waals surface area contributed by atoms with E-state index in [4.69, 9.17) is 61.0 Å². The van der Waals surface area contributed by atoms with Crippen molar-refractivity contribution in [2.45, 2.75) is 20.5 Å². The second kappa shape index (κ2) is 20.6.